The van der Waals surface area contributed by atoms with Crippen LogP contribution in [0.3, 0.4) is 0 Å². The van der Waals surface area contributed by atoms with Crippen molar-refractivity contribution in [2.45, 2.75) is 57.2 Å². The van der Waals surface area contributed by atoms with E-state index in [0.717, 1.165) is 4.47 Å². The highest BCUT2D eigenvalue weighted by Gasteiger charge is 2.31. The van der Waals surface area contributed by atoms with E-state index in [4.69, 9.17) is 5.73 Å². The molecule has 2 atom stereocenters. The largest absolute Gasteiger partial charge is 0.395 e. The number of thiophene rings is 1. The predicted molar refractivity (Wildman–Crippen MR) is 89.1 cm³/mol. The first-order valence-electron chi connectivity index (χ1n) is 7.49. The Balaban J connectivity index is 2.22. The van der Waals surface area contributed by atoms with Gasteiger partial charge in [-0.25, -0.2) is 0 Å². The molecule has 1 fully saturated rings. The molecule has 1 heterocycles. The number of hydrogen-bond acceptors (Lipinski definition) is 4. The minimum absolute atomic E-state index is 0.0639. The lowest BCUT2D eigenvalue weighted by Crippen LogP contribution is -2.47. The van der Waals surface area contributed by atoms with Gasteiger partial charge in [0.1, 0.15) is 0 Å². The van der Waals surface area contributed by atoms with Crippen LogP contribution in [0.4, 0.5) is 0 Å². The Hall–Kier alpha value is 0.0600. The number of halogens is 1. The van der Waals surface area contributed by atoms with Crippen molar-refractivity contribution in [2.24, 2.45) is 5.73 Å². The maximum atomic E-state index is 9.46. The van der Waals surface area contributed by atoms with Crippen LogP contribution in [0.2, 0.25) is 0 Å². The van der Waals surface area contributed by atoms with Crippen molar-refractivity contribution in [3.05, 3.63) is 20.8 Å². The van der Waals surface area contributed by atoms with Gasteiger partial charge in [0.25, 0.3) is 0 Å². The van der Waals surface area contributed by atoms with Gasteiger partial charge in [-0.2, -0.15) is 0 Å². The Kier molecular flexibility index (Phi) is 6.49. The van der Waals surface area contributed by atoms with Gasteiger partial charge in [-0.15, -0.1) is 11.3 Å². The molecule has 2 unspecified atom stereocenters. The van der Waals surface area contributed by atoms with E-state index in [2.05, 4.69) is 39.2 Å². The van der Waals surface area contributed by atoms with Gasteiger partial charge >= 0.3 is 0 Å². The molecular weight excluding hydrogens is 336 g/mol. The van der Waals surface area contributed by atoms with E-state index >= 15 is 0 Å². The first kappa shape index (κ1) is 16.4. The molecule has 1 saturated carbocycles. The summed E-state index contributed by atoms with van der Waals surface area (Å²) >= 11 is 5.29. The zero-order chi connectivity index (χ0) is 14.5. The molecular formula is C15H25BrN2OS. The molecule has 3 N–H and O–H groups in total. The SMILES string of the molecule is CC(N)C(c1cc(Br)cs1)N(CCO)C1CCCCC1. The Morgan fingerprint density at radius 2 is 2.15 bits per heavy atom. The fourth-order valence-corrected chi connectivity index (χ4v) is 4.96. The molecule has 5 heteroatoms. The monoisotopic (exact) mass is 360 g/mol. The summed E-state index contributed by atoms with van der Waals surface area (Å²) < 4.78 is 1.12. The van der Waals surface area contributed by atoms with Crippen molar-refractivity contribution in [3.8, 4) is 0 Å². The van der Waals surface area contributed by atoms with Crippen molar-refractivity contribution in [2.75, 3.05) is 13.2 Å². The maximum Gasteiger partial charge on any atom is 0.0594 e. The Bertz CT molecular complexity index is 404. The molecule has 0 spiro atoms. The summed E-state index contributed by atoms with van der Waals surface area (Å²) in [4.78, 5) is 3.74. The van der Waals surface area contributed by atoms with Crippen LogP contribution >= 0.6 is 27.3 Å². The molecule has 0 amide bonds. The number of aliphatic hydroxyl groups excluding tert-OH is 1. The third-order valence-electron chi connectivity index (χ3n) is 4.14. The molecule has 114 valence electrons. The molecule has 1 aromatic rings. The molecule has 0 radical (unpaired) electrons. The van der Waals surface area contributed by atoms with Gasteiger partial charge in [-0.1, -0.05) is 19.3 Å². The lowest BCUT2D eigenvalue weighted by Gasteiger charge is -2.41. The van der Waals surface area contributed by atoms with Crippen LogP contribution in [0, 0.1) is 0 Å². The molecule has 1 aromatic heterocycles. The zero-order valence-electron chi connectivity index (χ0n) is 12.1. The van der Waals surface area contributed by atoms with Crippen LogP contribution in [0.15, 0.2) is 15.9 Å². The van der Waals surface area contributed by atoms with Gasteiger partial charge in [-0.05, 0) is 41.8 Å². The number of hydrogen-bond donors (Lipinski definition) is 2. The molecule has 1 aliphatic rings. The minimum atomic E-state index is 0.0639. The number of aliphatic hydroxyl groups is 1. The summed E-state index contributed by atoms with van der Waals surface area (Å²) in [6, 6.07) is 3.01. The second-order valence-electron chi connectivity index (χ2n) is 5.72. The normalized spacial score (nSPS) is 20.2. The highest BCUT2D eigenvalue weighted by Crippen LogP contribution is 2.35. The van der Waals surface area contributed by atoms with E-state index in [1.807, 2.05) is 0 Å². The second kappa shape index (κ2) is 7.90. The van der Waals surface area contributed by atoms with Crippen LogP contribution in [-0.2, 0) is 0 Å². The van der Waals surface area contributed by atoms with Crippen molar-refractivity contribution in [3.63, 3.8) is 0 Å². The minimum Gasteiger partial charge on any atom is -0.395 e. The van der Waals surface area contributed by atoms with Gasteiger partial charge in [-0.3, -0.25) is 4.90 Å². The van der Waals surface area contributed by atoms with Crippen LogP contribution in [0.1, 0.15) is 49.9 Å². The number of nitrogens with zero attached hydrogens (tertiary/aromatic N) is 1. The van der Waals surface area contributed by atoms with Crippen LogP contribution in [-0.4, -0.2) is 35.2 Å². The van der Waals surface area contributed by atoms with E-state index in [1.54, 1.807) is 11.3 Å². The third kappa shape index (κ3) is 4.04. The molecule has 0 saturated heterocycles. The van der Waals surface area contributed by atoms with Crippen molar-refractivity contribution >= 4 is 27.3 Å². The second-order valence-corrected chi connectivity index (χ2v) is 7.58. The summed E-state index contributed by atoms with van der Waals surface area (Å²) in [5.74, 6) is 0. The summed E-state index contributed by atoms with van der Waals surface area (Å²) in [5, 5.41) is 11.6. The maximum absolute atomic E-state index is 9.46. The van der Waals surface area contributed by atoms with Crippen molar-refractivity contribution in [1.29, 1.82) is 0 Å². The molecule has 2 rings (SSSR count). The van der Waals surface area contributed by atoms with Gasteiger partial charge < -0.3 is 10.8 Å². The van der Waals surface area contributed by atoms with E-state index in [-0.39, 0.29) is 18.7 Å². The molecule has 0 aliphatic heterocycles. The lowest BCUT2D eigenvalue weighted by molar-refractivity contribution is 0.0715. The van der Waals surface area contributed by atoms with Gasteiger partial charge in [0.2, 0.25) is 0 Å². The summed E-state index contributed by atoms with van der Waals surface area (Å²) in [5.41, 5.74) is 6.28. The van der Waals surface area contributed by atoms with Crippen LogP contribution < -0.4 is 5.73 Å². The molecule has 20 heavy (non-hydrogen) atoms. The predicted octanol–water partition coefficient (Wildman–Crippen LogP) is 3.53. The Morgan fingerprint density at radius 1 is 1.45 bits per heavy atom. The average molecular weight is 361 g/mol. The highest BCUT2D eigenvalue weighted by atomic mass is 79.9. The summed E-state index contributed by atoms with van der Waals surface area (Å²) in [6.07, 6.45) is 6.40. The van der Waals surface area contributed by atoms with Crippen molar-refractivity contribution in [1.82, 2.24) is 4.90 Å². The Morgan fingerprint density at radius 3 is 2.65 bits per heavy atom. The zero-order valence-corrected chi connectivity index (χ0v) is 14.5. The summed E-state index contributed by atoms with van der Waals surface area (Å²) in [7, 11) is 0. The van der Waals surface area contributed by atoms with Gasteiger partial charge in [0.05, 0.1) is 12.6 Å². The van der Waals surface area contributed by atoms with Crippen LogP contribution in [0.5, 0.6) is 0 Å². The topological polar surface area (TPSA) is 49.5 Å². The fourth-order valence-electron chi connectivity index (χ4n) is 3.28. The molecule has 0 aromatic carbocycles. The lowest BCUT2D eigenvalue weighted by atomic mass is 9.92. The first-order valence-corrected chi connectivity index (χ1v) is 9.17. The smallest absolute Gasteiger partial charge is 0.0594 e. The summed E-state index contributed by atoms with van der Waals surface area (Å²) in [6.45, 7) is 2.99. The van der Waals surface area contributed by atoms with Crippen molar-refractivity contribution < 1.29 is 5.11 Å². The number of nitrogens with two attached hydrogens (primary N) is 1. The number of rotatable bonds is 6. The fraction of sp³-hybridized carbons (Fsp3) is 0.733. The van der Waals surface area contributed by atoms with Crippen LogP contribution in [0.25, 0.3) is 0 Å². The Labute approximate surface area is 134 Å². The quantitative estimate of drug-likeness (QED) is 0.815. The average Bonchev–Trinajstić information content (AvgIpc) is 2.85. The van der Waals surface area contributed by atoms with E-state index in [1.165, 1.54) is 37.0 Å². The van der Waals surface area contributed by atoms with E-state index in [9.17, 15) is 5.11 Å². The first-order chi connectivity index (χ1) is 9.63. The highest BCUT2D eigenvalue weighted by molar-refractivity contribution is 9.10. The van der Waals surface area contributed by atoms with E-state index < -0.39 is 0 Å². The molecule has 0 bridgehead atoms. The standard InChI is InChI=1S/C15H25BrN2OS/c1-11(17)15(14-9-12(16)10-20-14)18(7-8-19)13-5-3-2-4-6-13/h9-11,13,15,19H,2-8,17H2,1H3. The molecule has 1 aliphatic carbocycles. The van der Waals surface area contributed by atoms with Gasteiger partial charge in [0, 0.05) is 33.4 Å². The van der Waals surface area contributed by atoms with Gasteiger partial charge in [0.15, 0.2) is 0 Å². The van der Waals surface area contributed by atoms with E-state index in [0.29, 0.717) is 12.6 Å². The third-order valence-corrected chi connectivity index (χ3v) is 5.90. The molecule has 3 nitrogen and oxygen atoms in total.